The minimum Gasteiger partial charge on any atom is -0.335 e. The van der Waals surface area contributed by atoms with Crippen molar-refractivity contribution >= 4 is 22.5 Å². The number of nitrogens with two attached hydrogens (primary N) is 1. The number of aromatic nitrogens is 2. The molecule has 28 heavy (non-hydrogen) atoms. The summed E-state index contributed by atoms with van der Waals surface area (Å²) in [7, 11) is 4.22. The third-order valence-corrected chi connectivity index (χ3v) is 5.12. The fraction of sp³-hybridized carbons (Fsp3) is 0.333. The van der Waals surface area contributed by atoms with Crippen LogP contribution in [0, 0.1) is 5.82 Å². The number of halogens is 2. The standard InChI is InChI=1S/C21H24ClFN4O/c1-4-18(24-11-12-26(2)3)20-25-19-8-6-5-7-15(19)21(28)27(20)14-9-10-17(23)16(22)13-14/h5-10,13,18,24H,4,11-12H2,1-3H3/p+2/t18-/m0/s1. The summed E-state index contributed by atoms with van der Waals surface area (Å²) in [6.07, 6.45) is 0.808. The summed E-state index contributed by atoms with van der Waals surface area (Å²) in [6.45, 7) is 3.98. The van der Waals surface area contributed by atoms with Gasteiger partial charge in [0.2, 0.25) is 0 Å². The zero-order valence-electron chi connectivity index (χ0n) is 16.4. The molecule has 1 atom stereocenters. The first-order valence-corrected chi connectivity index (χ1v) is 9.89. The smallest absolute Gasteiger partial charge is 0.266 e. The molecule has 0 fully saturated rings. The molecule has 0 aliphatic heterocycles. The number of fused-ring (bicyclic) bond motifs is 1. The summed E-state index contributed by atoms with van der Waals surface area (Å²) >= 11 is 6.00. The largest absolute Gasteiger partial charge is 0.335 e. The summed E-state index contributed by atoms with van der Waals surface area (Å²) in [4.78, 5) is 19.5. The fourth-order valence-corrected chi connectivity index (χ4v) is 3.47. The van der Waals surface area contributed by atoms with Gasteiger partial charge in [-0.15, -0.1) is 0 Å². The Hall–Kier alpha value is -2.28. The summed E-state index contributed by atoms with van der Waals surface area (Å²) in [5.74, 6) is 0.143. The van der Waals surface area contributed by atoms with Crippen LogP contribution < -0.4 is 15.8 Å². The molecule has 0 bridgehead atoms. The fourth-order valence-electron chi connectivity index (χ4n) is 3.30. The number of likely N-dealkylation sites (N-methyl/N-ethyl adjacent to an activating group) is 1. The van der Waals surface area contributed by atoms with E-state index in [2.05, 4.69) is 26.3 Å². The lowest BCUT2D eigenvalue weighted by Gasteiger charge is -2.20. The van der Waals surface area contributed by atoms with Crippen LogP contribution in [0.4, 0.5) is 4.39 Å². The van der Waals surface area contributed by atoms with Crippen molar-refractivity contribution in [2.75, 3.05) is 27.2 Å². The third-order valence-electron chi connectivity index (χ3n) is 4.83. The van der Waals surface area contributed by atoms with E-state index >= 15 is 0 Å². The van der Waals surface area contributed by atoms with E-state index in [1.165, 1.54) is 17.0 Å². The molecule has 3 rings (SSSR count). The SMILES string of the molecule is CC[C@H]([NH2+]CC[NH+](C)C)c1nc2ccccc2c(=O)n1-c1ccc(F)c(Cl)c1. The van der Waals surface area contributed by atoms with Crippen LogP contribution in [0.2, 0.25) is 5.02 Å². The molecule has 3 aromatic rings. The van der Waals surface area contributed by atoms with Crippen molar-refractivity contribution in [3.05, 3.63) is 69.5 Å². The average Bonchev–Trinajstić information content (AvgIpc) is 2.67. The van der Waals surface area contributed by atoms with Crippen LogP contribution in [0.1, 0.15) is 25.2 Å². The van der Waals surface area contributed by atoms with Crippen LogP contribution in [-0.2, 0) is 0 Å². The van der Waals surface area contributed by atoms with Gasteiger partial charge in [0.05, 0.1) is 35.7 Å². The first kappa shape index (κ1) is 20.5. The van der Waals surface area contributed by atoms with Crippen LogP contribution in [0.5, 0.6) is 0 Å². The Bertz CT molecular complexity index is 1030. The predicted octanol–water partition coefficient (Wildman–Crippen LogP) is 1.34. The van der Waals surface area contributed by atoms with Crippen LogP contribution in [0.25, 0.3) is 16.6 Å². The van der Waals surface area contributed by atoms with Crippen molar-refractivity contribution in [1.82, 2.24) is 9.55 Å². The van der Waals surface area contributed by atoms with Crippen molar-refractivity contribution in [3.8, 4) is 5.69 Å². The Morgan fingerprint density at radius 1 is 1.25 bits per heavy atom. The molecule has 2 aromatic carbocycles. The molecule has 0 aliphatic rings. The molecule has 0 spiro atoms. The monoisotopic (exact) mass is 404 g/mol. The highest BCUT2D eigenvalue weighted by atomic mass is 35.5. The van der Waals surface area contributed by atoms with Gasteiger partial charge in [-0.25, -0.2) is 9.37 Å². The van der Waals surface area contributed by atoms with Gasteiger partial charge in [0.25, 0.3) is 5.56 Å². The maximum atomic E-state index is 13.7. The van der Waals surface area contributed by atoms with Crippen LogP contribution in [0.15, 0.2) is 47.3 Å². The van der Waals surface area contributed by atoms with E-state index in [0.29, 0.717) is 22.4 Å². The zero-order valence-corrected chi connectivity index (χ0v) is 17.1. The Morgan fingerprint density at radius 2 is 2.00 bits per heavy atom. The molecule has 0 amide bonds. The second kappa shape index (κ2) is 8.82. The quantitative estimate of drug-likeness (QED) is 0.624. The van der Waals surface area contributed by atoms with Crippen molar-refractivity contribution in [3.63, 3.8) is 0 Å². The Morgan fingerprint density at radius 3 is 2.68 bits per heavy atom. The van der Waals surface area contributed by atoms with Gasteiger partial charge in [-0.05, 0) is 30.3 Å². The van der Waals surface area contributed by atoms with Gasteiger partial charge in [-0.1, -0.05) is 30.7 Å². The zero-order chi connectivity index (χ0) is 20.3. The van der Waals surface area contributed by atoms with Gasteiger partial charge in [-0.2, -0.15) is 0 Å². The molecule has 7 heteroatoms. The van der Waals surface area contributed by atoms with E-state index in [1.807, 2.05) is 18.2 Å². The third kappa shape index (κ3) is 4.24. The topological polar surface area (TPSA) is 55.9 Å². The molecular formula is C21H26ClFN4O+2. The van der Waals surface area contributed by atoms with E-state index in [0.717, 1.165) is 19.5 Å². The molecule has 0 unspecified atom stereocenters. The van der Waals surface area contributed by atoms with E-state index < -0.39 is 5.82 Å². The molecule has 1 aromatic heterocycles. The van der Waals surface area contributed by atoms with Gasteiger partial charge < -0.3 is 10.2 Å². The van der Waals surface area contributed by atoms with E-state index in [-0.39, 0.29) is 16.6 Å². The Kier molecular flexibility index (Phi) is 6.44. The maximum Gasteiger partial charge on any atom is 0.266 e. The lowest BCUT2D eigenvalue weighted by molar-refractivity contribution is -0.877. The second-order valence-electron chi connectivity index (χ2n) is 7.22. The first-order chi connectivity index (χ1) is 13.4. The van der Waals surface area contributed by atoms with Crippen molar-refractivity contribution in [1.29, 1.82) is 0 Å². The Balaban J connectivity index is 2.18. The van der Waals surface area contributed by atoms with Gasteiger partial charge >= 0.3 is 0 Å². The summed E-state index contributed by atoms with van der Waals surface area (Å²) in [5.41, 5.74) is 1.01. The number of para-hydroxylation sites is 1. The lowest BCUT2D eigenvalue weighted by Crippen LogP contribution is -3.09. The highest BCUT2D eigenvalue weighted by molar-refractivity contribution is 6.30. The van der Waals surface area contributed by atoms with Gasteiger partial charge in [-0.3, -0.25) is 9.36 Å². The van der Waals surface area contributed by atoms with Crippen LogP contribution in [-0.4, -0.2) is 36.7 Å². The first-order valence-electron chi connectivity index (χ1n) is 9.51. The number of benzene rings is 2. The van der Waals surface area contributed by atoms with Crippen molar-refractivity contribution < 1.29 is 14.6 Å². The average molecular weight is 405 g/mol. The lowest BCUT2D eigenvalue weighted by atomic mass is 10.1. The van der Waals surface area contributed by atoms with Crippen molar-refractivity contribution in [2.45, 2.75) is 19.4 Å². The highest BCUT2D eigenvalue weighted by Crippen LogP contribution is 2.22. The summed E-state index contributed by atoms with van der Waals surface area (Å²) < 4.78 is 15.3. The van der Waals surface area contributed by atoms with E-state index in [9.17, 15) is 9.18 Å². The number of nitrogens with zero attached hydrogens (tertiary/aromatic N) is 2. The molecule has 0 saturated carbocycles. The highest BCUT2D eigenvalue weighted by Gasteiger charge is 2.23. The van der Waals surface area contributed by atoms with E-state index in [1.54, 1.807) is 16.7 Å². The number of rotatable bonds is 7. The van der Waals surface area contributed by atoms with Crippen molar-refractivity contribution in [2.24, 2.45) is 0 Å². The Labute approximate surface area is 168 Å². The minimum absolute atomic E-state index is 0.000449. The number of quaternary nitrogens is 2. The normalized spacial score (nSPS) is 12.6. The number of hydrogen-bond donors (Lipinski definition) is 2. The predicted molar refractivity (Wildman–Crippen MR) is 110 cm³/mol. The molecule has 148 valence electrons. The molecule has 0 radical (unpaired) electrons. The van der Waals surface area contributed by atoms with Gasteiger partial charge in [0.15, 0.2) is 5.82 Å². The molecular weight excluding hydrogens is 379 g/mol. The summed E-state index contributed by atoms with van der Waals surface area (Å²) in [5, 5.41) is 2.72. The van der Waals surface area contributed by atoms with Gasteiger partial charge in [0.1, 0.15) is 24.9 Å². The van der Waals surface area contributed by atoms with Crippen LogP contribution in [0.3, 0.4) is 0 Å². The molecule has 5 nitrogen and oxygen atoms in total. The van der Waals surface area contributed by atoms with E-state index in [4.69, 9.17) is 16.6 Å². The maximum absolute atomic E-state index is 13.7. The minimum atomic E-state index is -0.513. The molecule has 0 saturated heterocycles. The van der Waals surface area contributed by atoms with Gasteiger partial charge in [0, 0.05) is 6.42 Å². The number of hydrogen-bond acceptors (Lipinski definition) is 2. The number of nitrogens with one attached hydrogen (secondary N) is 1. The molecule has 1 heterocycles. The second-order valence-corrected chi connectivity index (χ2v) is 7.63. The molecule has 0 aliphatic carbocycles. The van der Waals surface area contributed by atoms with Crippen LogP contribution >= 0.6 is 11.6 Å². The summed E-state index contributed by atoms with van der Waals surface area (Å²) in [6, 6.07) is 11.6. The molecule has 3 N–H and O–H groups in total.